The minimum atomic E-state index is -0.272. The number of amides is 1. The Labute approximate surface area is 121 Å². The van der Waals surface area contributed by atoms with Gasteiger partial charge in [-0.2, -0.15) is 0 Å². The van der Waals surface area contributed by atoms with Crippen LogP contribution in [0.15, 0.2) is 22.8 Å². The molecule has 5 nitrogen and oxygen atoms in total. The summed E-state index contributed by atoms with van der Waals surface area (Å²) in [4.78, 5) is 14.2. The van der Waals surface area contributed by atoms with Crippen LogP contribution in [-0.4, -0.2) is 27.7 Å². The Morgan fingerprint density at radius 2 is 2.29 bits per heavy atom. The zero-order valence-corrected chi connectivity index (χ0v) is 12.0. The number of nitrogens with zero attached hydrogens (tertiary/aromatic N) is 3. The van der Waals surface area contributed by atoms with E-state index in [4.69, 9.17) is 0 Å². The van der Waals surface area contributed by atoms with E-state index in [2.05, 4.69) is 14.9 Å². The van der Waals surface area contributed by atoms with E-state index in [1.54, 1.807) is 17.9 Å². The molecule has 0 radical (unpaired) electrons. The van der Waals surface area contributed by atoms with Gasteiger partial charge in [0.1, 0.15) is 17.2 Å². The van der Waals surface area contributed by atoms with Crippen LogP contribution < -0.4 is 0 Å². The predicted molar refractivity (Wildman–Crippen MR) is 73.0 cm³/mol. The van der Waals surface area contributed by atoms with Gasteiger partial charge in [-0.1, -0.05) is 16.4 Å². The lowest BCUT2D eigenvalue weighted by atomic mass is 9.93. The van der Waals surface area contributed by atoms with Crippen molar-refractivity contribution < 1.29 is 13.8 Å². The molecular formula is C15H16FN3O2. The number of aryl methyl sites for hydroxylation is 1. The maximum Gasteiger partial charge on any atom is 0.229 e. The van der Waals surface area contributed by atoms with Crippen LogP contribution in [0.1, 0.15) is 35.5 Å². The molecule has 0 saturated heterocycles. The molecule has 1 aliphatic rings. The first kappa shape index (κ1) is 13.7. The van der Waals surface area contributed by atoms with Crippen molar-refractivity contribution in [2.24, 2.45) is 0 Å². The molecule has 21 heavy (non-hydrogen) atoms. The lowest BCUT2D eigenvalue weighted by molar-refractivity contribution is -0.133. The van der Waals surface area contributed by atoms with Crippen LogP contribution in [0, 0.1) is 12.7 Å². The van der Waals surface area contributed by atoms with Crippen LogP contribution in [-0.2, 0) is 17.6 Å². The van der Waals surface area contributed by atoms with Gasteiger partial charge in [-0.25, -0.2) is 9.02 Å². The number of rotatable bonds is 2. The van der Waals surface area contributed by atoms with Gasteiger partial charge >= 0.3 is 0 Å². The summed E-state index contributed by atoms with van der Waals surface area (Å²) in [6, 6.07) is 4.64. The standard InChI is InChI=1S/C15H16FN3O2/c1-9-14(18-21-17-9)8-15(20)19-6-5-11-3-4-12(16)7-13(11)10(19)2/h3-4,7,10H,5-6,8H2,1-2H3/t10-/m0/s1. The molecule has 1 atom stereocenters. The zero-order chi connectivity index (χ0) is 15.0. The van der Waals surface area contributed by atoms with Crippen LogP contribution in [0.2, 0.25) is 0 Å². The highest BCUT2D eigenvalue weighted by Gasteiger charge is 2.28. The normalized spacial score (nSPS) is 17.7. The van der Waals surface area contributed by atoms with E-state index in [1.165, 1.54) is 12.1 Å². The van der Waals surface area contributed by atoms with Crippen molar-refractivity contribution in [3.8, 4) is 0 Å². The molecular weight excluding hydrogens is 273 g/mol. The number of aromatic nitrogens is 2. The van der Waals surface area contributed by atoms with E-state index in [-0.39, 0.29) is 24.2 Å². The number of carbonyl (C=O) groups excluding carboxylic acids is 1. The number of benzene rings is 1. The van der Waals surface area contributed by atoms with Crippen molar-refractivity contribution in [2.45, 2.75) is 32.7 Å². The summed E-state index contributed by atoms with van der Waals surface area (Å²) >= 11 is 0. The number of fused-ring (bicyclic) bond motifs is 1. The smallest absolute Gasteiger partial charge is 0.229 e. The first-order valence-electron chi connectivity index (χ1n) is 6.92. The molecule has 3 rings (SSSR count). The van der Waals surface area contributed by atoms with Gasteiger partial charge in [0.25, 0.3) is 0 Å². The molecule has 0 saturated carbocycles. The molecule has 6 heteroatoms. The molecule has 0 fully saturated rings. The Morgan fingerprint density at radius 3 is 3.00 bits per heavy atom. The van der Waals surface area contributed by atoms with Gasteiger partial charge in [0, 0.05) is 6.54 Å². The summed E-state index contributed by atoms with van der Waals surface area (Å²) in [7, 11) is 0. The van der Waals surface area contributed by atoms with Gasteiger partial charge in [0.05, 0.1) is 12.5 Å². The highest BCUT2D eigenvalue weighted by molar-refractivity contribution is 5.79. The number of hydrogen-bond acceptors (Lipinski definition) is 4. The third-order valence-corrected chi connectivity index (χ3v) is 4.03. The lowest BCUT2D eigenvalue weighted by Crippen LogP contribution is -2.39. The quantitative estimate of drug-likeness (QED) is 0.850. The Balaban J connectivity index is 1.81. The topological polar surface area (TPSA) is 59.2 Å². The van der Waals surface area contributed by atoms with E-state index in [0.29, 0.717) is 17.9 Å². The summed E-state index contributed by atoms with van der Waals surface area (Å²) in [6.07, 6.45) is 0.895. The van der Waals surface area contributed by atoms with Gasteiger partial charge in [-0.15, -0.1) is 0 Å². The molecule has 2 heterocycles. The SMILES string of the molecule is Cc1nonc1CC(=O)N1CCc2ccc(F)cc2[C@@H]1C. The molecule has 0 unspecified atom stereocenters. The van der Waals surface area contributed by atoms with Crippen LogP contribution in [0.4, 0.5) is 4.39 Å². The van der Waals surface area contributed by atoms with Crippen LogP contribution in [0.3, 0.4) is 0 Å². The Kier molecular flexibility index (Phi) is 3.45. The summed E-state index contributed by atoms with van der Waals surface area (Å²) in [5.74, 6) is -0.317. The third-order valence-electron chi connectivity index (χ3n) is 4.03. The Bertz CT molecular complexity index is 683. The van der Waals surface area contributed by atoms with Crippen LogP contribution in [0.5, 0.6) is 0 Å². The molecule has 1 amide bonds. The van der Waals surface area contributed by atoms with Crippen molar-refractivity contribution in [1.29, 1.82) is 0 Å². The molecule has 1 aliphatic heterocycles. The van der Waals surface area contributed by atoms with Gasteiger partial charge in [0.15, 0.2) is 0 Å². The fourth-order valence-electron chi connectivity index (χ4n) is 2.78. The molecule has 0 bridgehead atoms. The van der Waals surface area contributed by atoms with E-state index in [1.807, 2.05) is 6.92 Å². The zero-order valence-electron chi connectivity index (χ0n) is 12.0. The predicted octanol–water partition coefficient (Wildman–Crippen LogP) is 2.21. The summed E-state index contributed by atoms with van der Waals surface area (Å²) in [6.45, 7) is 4.30. The Hall–Kier alpha value is -2.24. The summed E-state index contributed by atoms with van der Waals surface area (Å²) in [5, 5.41) is 7.42. The summed E-state index contributed by atoms with van der Waals surface area (Å²) in [5.41, 5.74) is 3.16. The largest absolute Gasteiger partial charge is 0.335 e. The number of carbonyl (C=O) groups is 1. The highest BCUT2D eigenvalue weighted by atomic mass is 19.1. The van der Waals surface area contributed by atoms with Gasteiger partial charge < -0.3 is 4.90 Å². The van der Waals surface area contributed by atoms with E-state index >= 15 is 0 Å². The molecule has 1 aromatic carbocycles. The fourth-order valence-corrected chi connectivity index (χ4v) is 2.78. The highest BCUT2D eigenvalue weighted by Crippen LogP contribution is 2.30. The first-order valence-corrected chi connectivity index (χ1v) is 6.92. The fraction of sp³-hybridized carbons (Fsp3) is 0.400. The molecule has 2 aromatic rings. The van der Waals surface area contributed by atoms with Crippen molar-refractivity contribution >= 4 is 5.91 Å². The lowest BCUT2D eigenvalue weighted by Gasteiger charge is -2.35. The first-order chi connectivity index (χ1) is 10.1. The minimum absolute atomic E-state index is 0.0452. The van der Waals surface area contributed by atoms with Gasteiger partial charge in [-0.3, -0.25) is 4.79 Å². The van der Waals surface area contributed by atoms with E-state index < -0.39 is 0 Å². The third kappa shape index (κ3) is 2.53. The van der Waals surface area contributed by atoms with Crippen LogP contribution >= 0.6 is 0 Å². The summed E-state index contributed by atoms with van der Waals surface area (Å²) < 4.78 is 18.0. The average Bonchev–Trinajstić information content (AvgIpc) is 2.85. The van der Waals surface area contributed by atoms with E-state index in [0.717, 1.165) is 17.5 Å². The molecule has 110 valence electrons. The van der Waals surface area contributed by atoms with Gasteiger partial charge in [-0.05, 0) is 43.5 Å². The minimum Gasteiger partial charge on any atom is -0.335 e. The molecule has 0 N–H and O–H groups in total. The second kappa shape index (κ2) is 5.27. The maximum absolute atomic E-state index is 13.4. The molecule has 0 spiro atoms. The van der Waals surface area contributed by atoms with E-state index in [9.17, 15) is 9.18 Å². The van der Waals surface area contributed by atoms with Crippen molar-refractivity contribution in [3.63, 3.8) is 0 Å². The number of hydrogen-bond donors (Lipinski definition) is 0. The number of halogens is 1. The Morgan fingerprint density at radius 1 is 1.48 bits per heavy atom. The maximum atomic E-state index is 13.4. The van der Waals surface area contributed by atoms with Crippen molar-refractivity contribution in [1.82, 2.24) is 15.2 Å². The second-order valence-electron chi connectivity index (χ2n) is 5.33. The molecule has 0 aliphatic carbocycles. The van der Waals surface area contributed by atoms with Crippen molar-refractivity contribution in [2.75, 3.05) is 6.54 Å². The molecule has 1 aromatic heterocycles. The van der Waals surface area contributed by atoms with Crippen LogP contribution in [0.25, 0.3) is 0 Å². The second-order valence-corrected chi connectivity index (χ2v) is 5.33. The average molecular weight is 289 g/mol. The van der Waals surface area contributed by atoms with Gasteiger partial charge in [0.2, 0.25) is 5.91 Å². The van der Waals surface area contributed by atoms with Crippen molar-refractivity contribution in [3.05, 3.63) is 46.5 Å². The monoisotopic (exact) mass is 289 g/mol.